The second kappa shape index (κ2) is 5.13. The minimum Gasteiger partial charge on any atom is -0.452 e. The van der Waals surface area contributed by atoms with E-state index in [2.05, 4.69) is 10.2 Å². The molecule has 2 heterocycles. The fraction of sp³-hybridized carbons (Fsp3) is 0.462. The normalized spacial score (nSPS) is 13.3. The SMILES string of the molecule is Cc1nnc(C(C)OC(=O)C(C)(C)c2cccs2)o1. The predicted octanol–water partition coefficient (Wildman–Crippen LogP) is 3.02. The Kier molecular flexibility index (Phi) is 3.71. The van der Waals surface area contributed by atoms with Crippen molar-refractivity contribution in [1.82, 2.24) is 10.2 Å². The van der Waals surface area contributed by atoms with Gasteiger partial charge in [0.2, 0.25) is 5.89 Å². The van der Waals surface area contributed by atoms with Crippen molar-refractivity contribution in [3.05, 3.63) is 34.2 Å². The largest absolute Gasteiger partial charge is 0.452 e. The summed E-state index contributed by atoms with van der Waals surface area (Å²) in [6.07, 6.45) is -0.548. The summed E-state index contributed by atoms with van der Waals surface area (Å²) in [6.45, 7) is 7.09. The molecular formula is C13H16N2O3S. The van der Waals surface area contributed by atoms with E-state index in [1.54, 1.807) is 13.8 Å². The minimum absolute atomic E-state index is 0.307. The summed E-state index contributed by atoms with van der Waals surface area (Å²) >= 11 is 1.53. The number of aryl methyl sites for hydroxylation is 1. The Balaban J connectivity index is 2.09. The van der Waals surface area contributed by atoms with Crippen LogP contribution in [0.3, 0.4) is 0 Å². The lowest BCUT2D eigenvalue weighted by atomic mass is 9.92. The summed E-state index contributed by atoms with van der Waals surface area (Å²) in [5, 5.41) is 9.51. The Bertz CT molecular complexity index is 560. The Morgan fingerprint density at radius 2 is 2.21 bits per heavy atom. The van der Waals surface area contributed by atoms with Gasteiger partial charge in [0.05, 0.1) is 5.41 Å². The molecule has 0 aliphatic rings. The van der Waals surface area contributed by atoms with Crippen LogP contribution in [0.1, 0.15) is 43.5 Å². The number of carbonyl (C=O) groups excluding carboxylic acids is 1. The van der Waals surface area contributed by atoms with E-state index in [0.29, 0.717) is 11.8 Å². The number of esters is 1. The molecule has 2 aromatic heterocycles. The van der Waals surface area contributed by atoms with Crippen LogP contribution >= 0.6 is 11.3 Å². The first-order valence-corrected chi connectivity index (χ1v) is 6.84. The van der Waals surface area contributed by atoms with Crippen molar-refractivity contribution < 1.29 is 13.9 Å². The zero-order valence-electron chi connectivity index (χ0n) is 11.3. The molecule has 2 aromatic rings. The summed E-state index contributed by atoms with van der Waals surface area (Å²) in [7, 11) is 0. The lowest BCUT2D eigenvalue weighted by Crippen LogP contribution is -2.31. The molecule has 2 rings (SSSR count). The van der Waals surface area contributed by atoms with E-state index in [1.807, 2.05) is 31.4 Å². The highest BCUT2D eigenvalue weighted by atomic mass is 32.1. The summed E-state index contributed by atoms with van der Waals surface area (Å²) < 4.78 is 10.7. The minimum atomic E-state index is -0.683. The first-order valence-electron chi connectivity index (χ1n) is 5.96. The third-order valence-corrected chi connectivity index (χ3v) is 4.01. The van der Waals surface area contributed by atoms with Crippen LogP contribution in [-0.2, 0) is 14.9 Å². The second-order valence-corrected chi connectivity index (χ2v) is 5.76. The van der Waals surface area contributed by atoms with Gasteiger partial charge in [-0.3, -0.25) is 4.79 Å². The smallest absolute Gasteiger partial charge is 0.317 e. The lowest BCUT2D eigenvalue weighted by molar-refractivity contribution is -0.155. The number of thiophene rings is 1. The second-order valence-electron chi connectivity index (χ2n) is 4.81. The Hall–Kier alpha value is -1.69. The van der Waals surface area contributed by atoms with Crippen molar-refractivity contribution in [2.24, 2.45) is 0 Å². The monoisotopic (exact) mass is 280 g/mol. The zero-order chi connectivity index (χ0) is 14.0. The van der Waals surface area contributed by atoms with Crippen LogP contribution in [-0.4, -0.2) is 16.2 Å². The van der Waals surface area contributed by atoms with E-state index >= 15 is 0 Å². The number of hydrogen-bond donors (Lipinski definition) is 0. The summed E-state index contributed by atoms with van der Waals surface area (Å²) in [5.74, 6) is 0.460. The van der Waals surface area contributed by atoms with Crippen molar-refractivity contribution in [2.75, 3.05) is 0 Å². The van der Waals surface area contributed by atoms with Crippen LogP contribution in [0.25, 0.3) is 0 Å². The first kappa shape index (κ1) is 13.7. The van der Waals surface area contributed by atoms with E-state index < -0.39 is 11.5 Å². The van der Waals surface area contributed by atoms with Gasteiger partial charge in [-0.1, -0.05) is 6.07 Å². The number of rotatable bonds is 4. The molecule has 0 bridgehead atoms. The van der Waals surface area contributed by atoms with Gasteiger partial charge in [0.25, 0.3) is 5.89 Å². The van der Waals surface area contributed by atoms with Crippen molar-refractivity contribution >= 4 is 17.3 Å². The molecule has 0 amide bonds. The van der Waals surface area contributed by atoms with Crippen LogP contribution in [0, 0.1) is 6.92 Å². The van der Waals surface area contributed by atoms with Gasteiger partial charge in [0.15, 0.2) is 6.10 Å². The summed E-state index contributed by atoms with van der Waals surface area (Å²) in [6, 6.07) is 3.84. The highest BCUT2D eigenvalue weighted by molar-refractivity contribution is 7.10. The summed E-state index contributed by atoms with van der Waals surface area (Å²) in [5.41, 5.74) is -0.683. The van der Waals surface area contributed by atoms with Crippen LogP contribution in [0.4, 0.5) is 0 Å². The quantitative estimate of drug-likeness (QED) is 0.805. The van der Waals surface area contributed by atoms with Gasteiger partial charge in [0, 0.05) is 11.8 Å². The number of nitrogens with zero attached hydrogens (tertiary/aromatic N) is 2. The number of aromatic nitrogens is 2. The molecule has 19 heavy (non-hydrogen) atoms. The molecule has 0 radical (unpaired) electrons. The first-order chi connectivity index (χ1) is 8.91. The molecule has 0 fully saturated rings. The molecule has 0 saturated carbocycles. The maximum atomic E-state index is 12.2. The van der Waals surface area contributed by atoms with Crippen molar-refractivity contribution in [3.8, 4) is 0 Å². The van der Waals surface area contributed by atoms with Crippen molar-refractivity contribution in [2.45, 2.75) is 39.2 Å². The van der Waals surface area contributed by atoms with Crippen molar-refractivity contribution in [3.63, 3.8) is 0 Å². The van der Waals surface area contributed by atoms with Gasteiger partial charge in [-0.15, -0.1) is 21.5 Å². The van der Waals surface area contributed by atoms with Crippen LogP contribution in [0.15, 0.2) is 21.9 Å². The molecule has 0 saturated heterocycles. The molecule has 6 heteroatoms. The average molecular weight is 280 g/mol. The van der Waals surface area contributed by atoms with E-state index in [4.69, 9.17) is 9.15 Å². The third-order valence-electron chi connectivity index (χ3n) is 2.82. The fourth-order valence-electron chi connectivity index (χ4n) is 1.57. The molecule has 102 valence electrons. The average Bonchev–Trinajstić information content (AvgIpc) is 2.99. The number of ether oxygens (including phenoxy) is 1. The van der Waals surface area contributed by atoms with E-state index in [-0.39, 0.29) is 5.97 Å². The molecule has 0 spiro atoms. The maximum absolute atomic E-state index is 12.2. The molecule has 5 nitrogen and oxygen atoms in total. The zero-order valence-corrected chi connectivity index (χ0v) is 12.2. The van der Waals surface area contributed by atoms with Gasteiger partial charge in [0.1, 0.15) is 0 Å². The molecule has 0 aliphatic carbocycles. The molecule has 0 aliphatic heterocycles. The Morgan fingerprint density at radius 1 is 1.47 bits per heavy atom. The fourth-order valence-corrected chi connectivity index (χ4v) is 2.41. The van der Waals surface area contributed by atoms with Crippen LogP contribution in [0.5, 0.6) is 0 Å². The highest BCUT2D eigenvalue weighted by Crippen LogP contribution is 2.30. The standard InChI is InChI=1S/C13H16N2O3S/c1-8(11-15-14-9(2)18-11)17-12(16)13(3,4)10-6-5-7-19-10/h5-8H,1-4H3. The topological polar surface area (TPSA) is 65.2 Å². The van der Waals surface area contributed by atoms with Crippen LogP contribution < -0.4 is 0 Å². The van der Waals surface area contributed by atoms with Gasteiger partial charge >= 0.3 is 5.97 Å². The lowest BCUT2D eigenvalue weighted by Gasteiger charge is -2.22. The highest BCUT2D eigenvalue weighted by Gasteiger charge is 2.34. The molecule has 1 atom stereocenters. The molecule has 0 aromatic carbocycles. The van der Waals surface area contributed by atoms with E-state index in [0.717, 1.165) is 4.88 Å². The predicted molar refractivity (Wildman–Crippen MR) is 70.9 cm³/mol. The summed E-state index contributed by atoms with van der Waals surface area (Å²) in [4.78, 5) is 13.2. The van der Waals surface area contributed by atoms with Gasteiger partial charge in [-0.25, -0.2) is 0 Å². The van der Waals surface area contributed by atoms with Crippen molar-refractivity contribution in [1.29, 1.82) is 0 Å². The van der Waals surface area contributed by atoms with Gasteiger partial charge in [-0.05, 0) is 32.2 Å². The van der Waals surface area contributed by atoms with Crippen LogP contribution in [0.2, 0.25) is 0 Å². The van der Waals surface area contributed by atoms with Gasteiger partial charge < -0.3 is 9.15 Å². The van der Waals surface area contributed by atoms with E-state index in [9.17, 15) is 4.79 Å². The molecule has 1 unspecified atom stereocenters. The Morgan fingerprint density at radius 3 is 2.74 bits per heavy atom. The maximum Gasteiger partial charge on any atom is 0.317 e. The molecule has 0 N–H and O–H groups in total. The van der Waals surface area contributed by atoms with Gasteiger partial charge in [-0.2, -0.15) is 0 Å². The number of hydrogen-bond acceptors (Lipinski definition) is 6. The Labute approximate surface area is 115 Å². The molecular weight excluding hydrogens is 264 g/mol. The van der Waals surface area contributed by atoms with E-state index in [1.165, 1.54) is 11.3 Å². The third kappa shape index (κ3) is 2.84. The number of carbonyl (C=O) groups is 1.